The van der Waals surface area contributed by atoms with Crippen LogP contribution in [0.5, 0.6) is 0 Å². The second-order valence-corrected chi connectivity index (χ2v) is 7.51. The molecule has 1 aromatic carbocycles. The van der Waals surface area contributed by atoms with Crippen molar-refractivity contribution < 1.29 is 18.0 Å². The van der Waals surface area contributed by atoms with Gasteiger partial charge in [-0.25, -0.2) is 0 Å². The zero-order chi connectivity index (χ0) is 20.3. The van der Waals surface area contributed by atoms with E-state index in [1.54, 1.807) is 42.1 Å². The van der Waals surface area contributed by atoms with Crippen molar-refractivity contribution in [3.63, 3.8) is 0 Å². The zero-order valence-corrected chi connectivity index (χ0v) is 16.1. The number of alkyl halides is 3. The van der Waals surface area contributed by atoms with Crippen LogP contribution in [0, 0.1) is 5.92 Å². The molecule has 0 N–H and O–H groups in total. The van der Waals surface area contributed by atoms with Gasteiger partial charge in [-0.05, 0) is 43.5 Å². The van der Waals surface area contributed by atoms with Crippen LogP contribution >= 0.6 is 0 Å². The first-order valence-corrected chi connectivity index (χ1v) is 9.35. The van der Waals surface area contributed by atoms with E-state index in [-0.39, 0.29) is 5.91 Å². The third-order valence-electron chi connectivity index (χ3n) is 5.20. The fourth-order valence-corrected chi connectivity index (χ4v) is 3.65. The fraction of sp³-hybridized carbons (Fsp3) is 0.500. The zero-order valence-electron chi connectivity index (χ0n) is 16.1. The van der Waals surface area contributed by atoms with E-state index in [1.807, 2.05) is 0 Å². The number of carbonyl (C=O) groups excluding carboxylic acids is 1. The smallest absolute Gasteiger partial charge is 0.341 e. The van der Waals surface area contributed by atoms with E-state index in [0.29, 0.717) is 30.1 Å². The number of halogens is 3. The summed E-state index contributed by atoms with van der Waals surface area (Å²) in [7, 11) is 3.57. The van der Waals surface area contributed by atoms with Crippen LogP contribution in [0.3, 0.4) is 0 Å². The summed E-state index contributed by atoms with van der Waals surface area (Å²) in [6, 6.07) is 5.53. The molecule has 1 aliphatic heterocycles. The van der Waals surface area contributed by atoms with Gasteiger partial charge in [-0.15, -0.1) is 0 Å². The highest BCUT2D eigenvalue weighted by molar-refractivity contribution is 5.93. The molecule has 1 saturated heterocycles. The van der Waals surface area contributed by atoms with E-state index >= 15 is 0 Å². The molecule has 1 fully saturated rings. The molecule has 0 radical (unpaired) electrons. The normalized spacial score (nSPS) is 16.3. The van der Waals surface area contributed by atoms with Crippen molar-refractivity contribution in [2.24, 2.45) is 13.0 Å². The van der Waals surface area contributed by atoms with Crippen LogP contribution in [-0.2, 0) is 19.8 Å². The fourth-order valence-electron chi connectivity index (χ4n) is 3.65. The predicted molar refractivity (Wildman–Crippen MR) is 99.6 cm³/mol. The second-order valence-electron chi connectivity index (χ2n) is 7.51. The number of piperidine rings is 1. The van der Waals surface area contributed by atoms with Gasteiger partial charge in [-0.1, -0.05) is 18.2 Å². The number of nitrogens with zero attached hydrogens (tertiary/aromatic N) is 4. The molecule has 152 valence electrons. The topological polar surface area (TPSA) is 41.4 Å². The van der Waals surface area contributed by atoms with Gasteiger partial charge in [0.15, 0.2) is 0 Å². The van der Waals surface area contributed by atoms with Crippen LogP contribution in [0.25, 0.3) is 0 Å². The first-order chi connectivity index (χ1) is 13.2. The van der Waals surface area contributed by atoms with Crippen molar-refractivity contribution in [2.45, 2.75) is 25.6 Å². The summed E-state index contributed by atoms with van der Waals surface area (Å²) in [6.07, 6.45) is 0.800. The van der Waals surface area contributed by atoms with Crippen molar-refractivity contribution in [1.82, 2.24) is 19.6 Å². The Morgan fingerprint density at radius 1 is 1.29 bits per heavy atom. The molecule has 0 bridgehead atoms. The number of aryl methyl sites for hydroxylation is 1. The first-order valence-electron chi connectivity index (χ1n) is 9.35. The number of rotatable bonds is 5. The molecule has 0 aliphatic carbocycles. The summed E-state index contributed by atoms with van der Waals surface area (Å²) in [4.78, 5) is 16.3. The Morgan fingerprint density at radius 3 is 2.61 bits per heavy atom. The molecule has 8 heteroatoms. The Kier molecular flexibility index (Phi) is 6.07. The third-order valence-corrected chi connectivity index (χ3v) is 5.20. The van der Waals surface area contributed by atoms with Crippen molar-refractivity contribution in [1.29, 1.82) is 0 Å². The van der Waals surface area contributed by atoms with Gasteiger partial charge in [0.25, 0.3) is 5.91 Å². The molecule has 1 amide bonds. The minimum atomic E-state index is -4.31. The SMILES string of the molecule is CN(CC1CCN(Cc2cccc(C(F)(F)F)c2)CC1)C(=O)c1cnn(C)c1. The Balaban J connectivity index is 1.49. The van der Waals surface area contributed by atoms with Crippen molar-refractivity contribution in [3.8, 4) is 0 Å². The van der Waals surface area contributed by atoms with Crippen LogP contribution in [0.4, 0.5) is 13.2 Å². The van der Waals surface area contributed by atoms with Gasteiger partial charge in [0.1, 0.15) is 0 Å². The Hall–Kier alpha value is -2.35. The lowest BCUT2D eigenvalue weighted by molar-refractivity contribution is -0.137. The Morgan fingerprint density at radius 2 is 2.00 bits per heavy atom. The van der Waals surface area contributed by atoms with Gasteiger partial charge in [0, 0.05) is 33.4 Å². The second kappa shape index (κ2) is 8.34. The third kappa shape index (κ3) is 5.13. The molecular formula is C20H25F3N4O. The largest absolute Gasteiger partial charge is 0.416 e. The van der Waals surface area contributed by atoms with Crippen LogP contribution in [-0.4, -0.2) is 52.2 Å². The summed E-state index contributed by atoms with van der Waals surface area (Å²) in [5.41, 5.74) is 0.652. The number of benzene rings is 1. The van der Waals surface area contributed by atoms with Crippen LogP contribution in [0.2, 0.25) is 0 Å². The van der Waals surface area contributed by atoms with Crippen molar-refractivity contribution in [3.05, 3.63) is 53.3 Å². The molecule has 1 aromatic heterocycles. The van der Waals surface area contributed by atoms with Crippen LogP contribution in [0.1, 0.15) is 34.3 Å². The van der Waals surface area contributed by atoms with E-state index in [4.69, 9.17) is 0 Å². The minimum Gasteiger partial charge on any atom is -0.341 e. The van der Waals surface area contributed by atoms with E-state index in [0.717, 1.165) is 32.0 Å². The number of carbonyl (C=O) groups is 1. The number of likely N-dealkylation sites (tertiary alicyclic amines) is 1. The first kappa shape index (κ1) is 20.4. The van der Waals surface area contributed by atoms with Gasteiger partial charge in [-0.2, -0.15) is 18.3 Å². The van der Waals surface area contributed by atoms with E-state index in [1.165, 1.54) is 12.1 Å². The van der Waals surface area contributed by atoms with Gasteiger partial charge in [-0.3, -0.25) is 14.4 Å². The molecule has 3 rings (SSSR count). The highest BCUT2D eigenvalue weighted by Gasteiger charge is 2.30. The average Bonchev–Trinajstić information content (AvgIpc) is 3.08. The van der Waals surface area contributed by atoms with Gasteiger partial charge in [0.05, 0.1) is 17.3 Å². The molecule has 0 spiro atoms. The number of hydrogen-bond donors (Lipinski definition) is 0. The molecule has 1 aliphatic rings. The van der Waals surface area contributed by atoms with Crippen molar-refractivity contribution in [2.75, 3.05) is 26.7 Å². The monoisotopic (exact) mass is 394 g/mol. The number of amides is 1. The van der Waals surface area contributed by atoms with Gasteiger partial charge < -0.3 is 4.90 Å². The maximum absolute atomic E-state index is 12.9. The summed E-state index contributed by atoms with van der Waals surface area (Å²) in [5, 5.41) is 4.03. The Bertz CT molecular complexity index is 810. The van der Waals surface area contributed by atoms with E-state index in [9.17, 15) is 18.0 Å². The maximum atomic E-state index is 12.9. The average molecular weight is 394 g/mol. The molecule has 0 unspecified atom stereocenters. The van der Waals surface area contributed by atoms with Gasteiger partial charge in [0.2, 0.25) is 0 Å². The lowest BCUT2D eigenvalue weighted by Gasteiger charge is -2.34. The summed E-state index contributed by atoms with van der Waals surface area (Å²) < 4.78 is 40.2. The van der Waals surface area contributed by atoms with Crippen LogP contribution in [0.15, 0.2) is 36.7 Å². The predicted octanol–water partition coefficient (Wildman–Crippen LogP) is 3.42. The van der Waals surface area contributed by atoms with E-state index < -0.39 is 11.7 Å². The highest BCUT2D eigenvalue weighted by atomic mass is 19.4. The maximum Gasteiger partial charge on any atom is 0.416 e. The molecule has 0 saturated carbocycles. The highest BCUT2D eigenvalue weighted by Crippen LogP contribution is 2.30. The molecular weight excluding hydrogens is 369 g/mol. The summed E-state index contributed by atoms with van der Waals surface area (Å²) in [5.74, 6) is 0.350. The molecule has 2 heterocycles. The standard InChI is InChI=1S/C20H25F3N4O/c1-25(19(28)17-11-24-26(2)14-17)12-15-6-8-27(9-7-15)13-16-4-3-5-18(10-16)20(21,22)23/h3-5,10-11,14-15H,6-9,12-13H2,1-2H3. The minimum absolute atomic E-state index is 0.0421. The number of aromatic nitrogens is 2. The number of hydrogen-bond acceptors (Lipinski definition) is 3. The lowest BCUT2D eigenvalue weighted by atomic mass is 9.95. The lowest BCUT2D eigenvalue weighted by Crippen LogP contribution is -2.39. The quantitative estimate of drug-likeness (QED) is 0.780. The summed E-state index contributed by atoms with van der Waals surface area (Å²) in [6.45, 7) is 2.82. The van der Waals surface area contributed by atoms with E-state index in [2.05, 4.69) is 10.00 Å². The molecule has 5 nitrogen and oxygen atoms in total. The molecule has 2 aromatic rings. The molecule has 28 heavy (non-hydrogen) atoms. The Labute approximate surface area is 162 Å². The summed E-state index contributed by atoms with van der Waals surface area (Å²) >= 11 is 0. The van der Waals surface area contributed by atoms with Crippen LogP contribution < -0.4 is 0 Å². The van der Waals surface area contributed by atoms with Gasteiger partial charge >= 0.3 is 6.18 Å². The van der Waals surface area contributed by atoms with Crippen molar-refractivity contribution >= 4 is 5.91 Å². The molecule has 0 atom stereocenters.